The van der Waals surface area contributed by atoms with Crippen molar-refractivity contribution in [1.82, 2.24) is 9.97 Å². The number of nitrogens with two attached hydrogens (primary N) is 1. The highest BCUT2D eigenvalue weighted by atomic mass is 16.1. The first-order valence-corrected chi connectivity index (χ1v) is 4.47. The molecule has 0 saturated carbocycles. The van der Waals surface area contributed by atoms with E-state index >= 15 is 0 Å². The standard InChI is InChI=1S/C9H15N3O/c1-3-7-6(2)8(4-5-10)12-9(13)11-7/h3-5,10H2,1-2H3,(H,11,12,13). The number of nitrogens with zero attached hydrogens (tertiary/aromatic N) is 1. The molecule has 0 radical (unpaired) electrons. The number of rotatable bonds is 3. The first kappa shape index (κ1) is 9.92. The number of aromatic amines is 1. The Balaban J connectivity index is 3.19. The fraction of sp³-hybridized carbons (Fsp3) is 0.556. The van der Waals surface area contributed by atoms with Gasteiger partial charge in [0.2, 0.25) is 0 Å². The zero-order chi connectivity index (χ0) is 9.84. The van der Waals surface area contributed by atoms with Crippen LogP contribution < -0.4 is 11.4 Å². The summed E-state index contributed by atoms with van der Waals surface area (Å²) in [5.74, 6) is 0. The lowest BCUT2D eigenvalue weighted by Crippen LogP contribution is -2.19. The van der Waals surface area contributed by atoms with Crippen LogP contribution in [-0.2, 0) is 12.8 Å². The zero-order valence-electron chi connectivity index (χ0n) is 8.05. The predicted octanol–water partition coefficient (Wildman–Crippen LogP) is 0.142. The van der Waals surface area contributed by atoms with Gasteiger partial charge < -0.3 is 10.7 Å². The third kappa shape index (κ3) is 2.15. The lowest BCUT2D eigenvalue weighted by Gasteiger charge is -2.06. The lowest BCUT2D eigenvalue weighted by molar-refractivity contribution is 0.840. The third-order valence-corrected chi connectivity index (χ3v) is 2.11. The highest BCUT2D eigenvalue weighted by Crippen LogP contribution is 2.07. The van der Waals surface area contributed by atoms with E-state index in [1.807, 2.05) is 13.8 Å². The van der Waals surface area contributed by atoms with E-state index in [2.05, 4.69) is 9.97 Å². The molecule has 4 nitrogen and oxygen atoms in total. The van der Waals surface area contributed by atoms with Crippen LogP contribution in [0.3, 0.4) is 0 Å². The zero-order valence-corrected chi connectivity index (χ0v) is 8.05. The summed E-state index contributed by atoms with van der Waals surface area (Å²) < 4.78 is 0. The van der Waals surface area contributed by atoms with Crippen molar-refractivity contribution < 1.29 is 0 Å². The van der Waals surface area contributed by atoms with Crippen molar-refractivity contribution in [2.75, 3.05) is 6.54 Å². The molecule has 0 spiro atoms. The van der Waals surface area contributed by atoms with Crippen molar-refractivity contribution in [3.8, 4) is 0 Å². The summed E-state index contributed by atoms with van der Waals surface area (Å²) >= 11 is 0. The summed E-state index contributed by atoms with van der Waals surface area (Å²) in [6, 6.07) is 0. The molecule has 0 bridgehead atoms. The van der Waals surface area contributed by atoms with E-state index in [0.717, 1.165) is 23.4 Å². The molecule has 0 aliphatic rings. The van der Waals surface area contributed by atoms with E-state index in [1.165, 1.54) is 0 Å². The summed E-state index contributed by atoms with van der Waals surface area (Å²) in [5, 5.41) is 0. The van der Waals surface area contributed by atoms with E-state index in [9.17, 15) is 4.79 Å². The Morgan fingerprint density at radius 2 is 2.23 bits per heavy atom. The molecule has 0 amide bonds. The van der Waals surface area contributed by atoms with E-state index in [-0.39, 0.29) is 5.69 Å². The van der Waals surface area contributed by atoms with Gasteiger partial charge in [0.15, 0.2) is 0 Å². The van der Waals surface area contributed by atoms with Crippen LogP contribution in [0.4, 0.5) is 0 Å². The molecule has 0 aliphatic heterocycles. The quantitative estimate of drug-likeness (QED) is 0.696. The predicted molar refractivity (Wildman–Crippen MR) is 51.7 cm³/mol. The summed E-state index contributed by atoms with van der Waals surface area (Å²) in [7, 11) is 0. The number of hydrogen-bond donors (Lipinski definition) is 2. The molecule has 1 aromatic heterocycles. The van der Waals surface area contributed by atoms with Crippen LogP contribution >= 0.6 is 0 Å². The maximum absolute atomic E-state index is 11.1. The molecular formula is C9H15N3O. The molecular weight excluding hydrogens is 166 g/mol. The minimum Gasteiger partial charge on any atom is -0.330 e. The highest BCUT2D eigenvalue weighted by molar-refractivity contribution is 5.23. The second-order valence-electron chi connectivity index (χ2n) is 2.98. The molecule has 0 unspecified atom stereocenters. The number of nitrogens with one attached hydrogen (secondary N) is 1. The Bertz CT molecular complexity index is 343. The lowest BCUT2D eigenvalue weighted by atomic mass is 10.1. The van der Waals surface area contributed by atoms with Crippen LogP contribution in [0.5, 0.6) is 0 Å². The summed E-state index contributed by atoms with van der Waals surface area (Å²) in [4.78, 5) is 17.7. The minimum atomic E-state index is -0.272. The normalized spacial score (nSPS) is 10.4. The molecule has 1 aromatic rings. The average molecular weight is 181 g/mol. The van der Waals surface area contributed by atoms with Crippen LogP contribution in [-0.4, -0.2) is 16.5 Å². The molecule has 0 atom stereocenters. The Hall–Kier alpha value is -1.16. The van der Waals surface area contributed by atoms with Gasteiger partial charge in [-0.05, 0) is 25.5 Å². The number of aryl methyl sites for hydroxylation is 1. The van der Waals surface area contributed by atoms with Crippen molar-refractivity contribution in [2.45, 2.75) is 26.7 Å². The van der Waals surface area contributed by atoms with Gasteiger partial charge in [0.1, 0.15) is 0 Å². The number of aromatic nitrogens is 2. The summed E-state index contributed by atoms with van der Waals surface area (Å²) in [6.07, 6.45) is 1.49. The van der Waals surface area contributed by atoms with Crippen molar-refractivity contribution in [3.05, 3.63) is 27.4 Å². The second-order valence-corrected chi connectivity index (χ2v) is 2.98. The van der Waals surface area contributed by atoms with E-state index in [1.54, 1.807) is 0 Å². The topological polar surface area (TPSA) is 71.8 Å². The van der Waals surface area contributed by atoms with Crippen molar-refractivity contribution in [2.24, 2.45) is 5.73 Å². The third-order valence-electron chi connectivity index (χ3n) is 2.11. The summed E-state index contributed by atoms with van der Waals surface area (Å²) in [5.41, 5.74) is 8.00. The molecule has 0 saturated heterocycles. The van der Waals surface area contributed by atoms with Crippen LogP contribution in [0.25, 0.3) is 0 Å². The van der Waals surface area contributed by atoms with Crippen LogP contribution in [0, 0.1) is 6.92 Å². The van der Waals surface area contributed by atoms with Crippen LogP contribution in [0.15, 0.2) is 4.79 Å². The maximum Gasteiger partial charge on any atom is 0.345 e. The molecule has 1 heterocycles. The van der Waals surface area contributed by atoms with Gasteiger partial charge in [0.25, 0.3) is 0 Å². The Labute approximate surface area is 77.2 Å². The Morgan fingerprint density at radius 3 is 2.77 bits per heavy atom. The van der Waals surface area contributed by atoms with Gasteiger partial charge in [-0.1, -0.05) is 6.92 Å². The van der Waals surface area contributed by atoms with E-state index in [0.29, 0.717) is 13.0 Å². The molecule has 1 rings (SSSR count). The molecule has 0 aromatic carbocycles. The molecule has 0 aliphatic carbocycles. The van der Waals surface area contributed by atoms with Gasteiger partial charge >= 0.3 is 5.69 Å². The van der Waals surface area contributed by atoms with Gasteiger partial charge in [0, 0.05) is 12.1 Å². The molecule has 13 heavy (non-hydrogen) atoms. The molecule has 3 N–H and O–H groups in total. The smallest absolute Gasteiger partial charge is 0.330 e. The first-order valence-electron chi connectivity index (χ1n) is 4.47. The Kier molecular flexibility index (Phi) is 3.19. The van der Waals surface area contributed by atoms with Gasteiger partial charge in [-0.25, -0.2) is 4.79 Å². The van der Waals surface area contributed by atoms with Gasteiger partial charge in [-0.2, -0.15) is 4.98 Å². The summed E-state index contributed by atoms with van der Waals surface area (Å²) in [6.45, 7) is 4.50. The fourth-order valence-corrected chi connectivity index (χ4v) is 1.37. The molecule has 4 heteroatoms. The largest absolute Gasteiger partial charge is 0.345 e. The van der Waals surface area contributed by atoms with Crippen LogP contribution in [0.2, 0.25) is 0 Å². The minimum absolute atomic E-state index is 0.272. The highest BCUT2D eigenvalue weighted by Gasteiger charge is 2.05. The van der Waals surface area contributed by atoms with Gasteiger partial charge in [0.05, 0.1) is 5.69 Å². The van der Waals surface area contributed by atoms with Crippen molar-refractivity contribution >= 4 is 0 Å². The monoisotopic (exact) mass is 181 g/mol. The van der Waals surface area contributed by atoms with Gasteiger partial charge in [-0.3, -0.25) is 0 Å². The van der Waals surface area contributed by atoms with Crippen LogP contribution in [0.1, 0.15) is 23.9 Å². The fourth-order valence-electron chi connectivity index (χ4n) is 1.37. The number of hydrogen-bond acceptors (Lipinski definition) is 3. The molecule has 0 fully saturated rings. The second kappa shape index (κ2) is 4.18. The Morgan fingerprint density at radius 1 is 1.54 bits per heavy atom. The van der Waals surface area contributed by atoms with E-state index in [4.69, 9.17) is 5.73 Å². The first-order chi connectivity index (χ1) is 6.19. The average Bonchev–Trinajstić information content (AvgIpc) is 2.11. The number of H-pyrrole nitrogens is 1. The van der Waals surface area contributed by atoms with Gasteiger partial charge in [-0.15, -0.1) is 0 Å². The van der Waals surface area contributed by atoms with Crippen molar-refractivity contribution in [3.63, 3.8) is 0 Å². The SMILES string of the molecule is CCc1nc(=O)[nH]c(CCN)c1C. The van der Waals surface area contributed by atoms with Crippen molar-refractivity contribution in [1.29, 1.82) is 0 Å². The molecule has 72 valence electrons. The van der Waals surface area contributed by atoms with E-state index < -0.39 is 0 Å². The maximum atomic E-state index is 11.1.